The van der Waals surface area contributed by atoms with Crippen LogP contribution in [-0.4, -0.2) is 40.1 Å². The molecule has 0 spiro atoms. The van der Waals surface area contributed by atoms with Gasteiger partial charge in [0.1, 0.15) is 11.4 Å². The number of benzene rings is 1. The fourth-order valence-corrected chi connectivity index (χ4v) is 3.24. The first-order valence-corrected chi connectivity index (χ1v) is 8.51. The Hall–Kier alpha value is -2.30. The monoisotopic (exact) mass is 327 g/mol. The number of hydrogen-bond donors (Lipinski definition) is 0. The van der Waals surface area contributed by atoms with Crippen LogP contribution in [0.2, 0.25) is 0 Å². The predicted octanol–water partition coefficient (Wildman–Crippen LogP) is 2.97. The highest BCUT2D eigenvalue weighted by atomic mass is 16.5. The molecule has 1 atom stereocenters. The number of aryl methyl sites for hydroxylation is 3. The predicted molar refractivity (Wildman–Crippen MR) is 93.2 cm³/mol. The van der Waals surface area contributed by atoms with E-state index >= 15 is 0 Å². The fourth-order valence-electron chi connectivity index (χ4n) is 3.24. The molecule has 5 nitrogen and oxygen atoms in total. The SMILES string of the molecule is Cc1ccc(OCC2CCCN(C(=O)c3c(C)ncn3C)C2)cc1. The van der Waals surface area contributed by atoms with Crippen LogP contribution in [0, 0.1) is 19.8 Å². The number of piperidine rings is 1. The molecule has 0 aliphatic carbocycles. The average Bonchev–Trinajstić information content (AvgIpc) is 2.93. The van der Waals surface area contributed by atoms with E-state index in [2.05, 4.69) is 24.0 Å². The van der Waals surface area contributed by atoms with Crippen LogP contribution in [0.15, 0.2) is 30.6 Å². The van der Waals surface area contributed by atoms with Gasteiger partial charge in [-0.15, -0.1) is 0 Å². The molecule has 0 saturated carbocycles. The zero-order valence-corrected chi connectivity index (χ0v) is 14.7. The van der Waals surface area contributed by atoms with Crippen LogP contribution in [0.5, 0.6) is 5.75 Å². The standard InChI is InChI=1S/C19H25N3O2/c1-14-6-8-17(9-7-14)24-12-16-5-4-10-22(11-16)19(23)18-15(2)20-13-21(18)3/h6-9,13,16H,4-5,10-12H2,1-3H3. The summed E-state index contributed by atoms with van der Waals surface area (Å²) in [6.07, 6.45) is 3.81. The molecule has 1 aliphatic rings. The van der Waals surface area contributed by atoms with Crippen LogP contribution in [0.4, 0.5) is 0 Å². The van der Waals surface area contributed by atoms with Gasteiger partial charge in [0, 0.05) is 26.1 Å². The molecule has 1 saturated heterocycles. The van der Waals surface area contributed by atoms with Crippen molar-refractivity contribution >= 4 is 5.91 Å². The van der Waals surface area contributed by atoms with Crippen molar-refractivity contribution in [1.82, 2.24) is 14.5 Å². The number of nitrogens with zero attached hydrogens (tertiary/aromatic N) is 3. The summed E-state index contributed by atoms with van der Waals surface area (Å²) >= 11 is 0. The number of carbonyl (C=O) groups excluding carboxylic acids is 1. The summed E-state index contributed by atoms with van der Waals surface area (Å²) in [5, 5.41) is 0. The maximum absolute atomic E-state index is 12.8. The molecule has 1 unspecified atom stereocenters. The average molecular weight is 327 g/mol. The van der Waals surface area contributed by atoms with Crippen LogP contribution in [-0.2, 0) is 7.05 Å². The minimum atomic E-state index is 0.0764. The van der Waals surface area contributed by atoms with Gasteiger partial charge in [-0.3, -0.25) is 4.79 Å². The minimum absolute atomic E-state index is 0.0764. The third-order valence-electron chi connectivity index (χ3n) is 4.64. The summed E-state index contributed by atoms with van der Waals surface area (Å²) in [5.41, 5.74) is 2.71. The van der Waals surface area contributed by atoms with E-state index in [0.717, 1.165) is 37.4 Å². The van der Waals surface area contributed by atoms with Crippen LogP contribution in [0.25, 0.3) is 0 Å². The number of carbonyl (C=O) groups is 1. The van der Waals surface area contributed by atoms with Crippen LogP contribution >= 0.6 is 0 Å². The molecule has 1 aromatic heterocycles. The van der Waals surface area contributed by atoms with Gasteiger partial charge in [0.15, 0.2) is 0 Å². The van der Waals surface area contributed by atoms with E-state index in [0.29, 0.717) is 18.2 Å². The number of imidazole rings is 1. The van der Waals surface area contributed by atoms with E-state index in [4.69, 9.17) is 4.74 Å². The van der Waals surface area contributed by atoms with Crippen LogP contribution in [0.1, 0.15) is 34.6 Å². The maximum atomic E-state index is 12.8. The molecule has 0 bridgehead atoms. The second-order valence-electron chi connectivity index (χ2n) is 6.67. The molecule has 1 amide bonds. The summed E-state index contributed by atoms with van der Waals surface area (Å²) in [6.45, 7) is 6.15. The lowest BCUT2D eigenvalue weighted by atomic mass is 9.98. The largest absolute Gasteiger partial charge is 0.493 e. The second-order valence-corrected chi connectivity index (χ2v) is 6.67. The highest BCUT2D eigenvalue weighted by molar-refractivity contribution is 5.93. The van der Waals surface area contributed by atoms with Crippen LogP contribution < -0.4 is 4.74 Å². The van der Waals surface area contributed by atoms with E-state index < -0.39 is 0 Å². The topological polar surface area (TPSA) is 47.4 Å². The van der Waals surface area contributed by atoms with Gasteiger partial charge in [0.25, 0.3) is 5.91 Å². The van der Waals surface area contributed by atoms with E-state index in [1.165, 1.54) is 5.56 Å². The van der Waals surface area contributed by atoms with Crippen molar-refractivity contribution in [3.8, 4) is 5.75 Å². The number of aromatic nitrogens is 2. The lowest BCUT2D eigenvalue weighted by molar-refractivity contribution is 0.0623. The van der Waals surface area contributed by atoms with E-state index in [1.54, 1.807) is 6.33 Å². The Balaban J connectivity index is 1.60. The molecule has 5 heteroatoms. The number of hydrogen-bond acceptors (Lipinski definition) is 3. The van der Waals surface area contributed by atoms with Crippen molar-refractivity contribution < 1.29 is 9.53 Å². The van der Waals surface area contributed by atoms with Gasteiger partial charge in [-0.05, 0) is 38.8 Å². The van der Waals surface area contributed by atoms with Gasteiger partial charge in [-0.2, -0.15) is 0 Å². The van der Waals surface area contributed by atoms with Crippen LogP contribution in [0.3, 0.4) is 0 Å². The molecular weight excluding hydrogens is 302 g/mol. The van der Waals surface area contributed by atoms with E-state index in [1.807, 2.05) is 35.6 Å². The van der Waals surface area contributed by atoms with Crippen molar-refractivity contribution in [2.45, 2.75) is 26.7 Å². The number of rotatable bonds is 4. The maximum Gasteiger partial charge on any atom is 0.272 e. The zero-order valence-electron chi connectivity index (χ0n) is 14.7. The van der Waals surface area contributed by atoms with E-state index in [-0.39, 0.29) is 5.91 Å². The number of likely N-dealkylation sites (tertiary alicyclic amines) is 1. The third kappa shape index (κ3) is 3.61. The molecule has 128 valence electrons. The number of amides is 1. The van der Waals surface area contributed by atoms with Gasteiger partial charge in [0.2, 0.25) is 0 Å². The highest BCUT2D eigenvalue weighted by Gasteiger charge is 2.27. The highest BCUT2D eigenvalue weighted by Crippen LogP contribution is 2.21. The Morgan fingerprint density at radius 3 is 2.71 bits per heavy atom. The normalized spacial score (nSPS) is 17.8. The minimum Gasteiger partial charge on any atom is -0.493 e. The van der Waals surface area contributed by atoms with Gasteiger partial charge >= 0.3 is 0 Å². The summed E-state index contributed by atoms with van der Waals surface area (Å²) in [5.74, 6) is 1.34. The summed E-state index contributed by atoms with van der Waals surface area (Å²) in [4.78, 5) is 19.0. The van der Waals surface area contributed by atoms with Gasteiger partial charge in [-0.1, -0.05) is 17.7 Å². The van der Waals surface area contributed by atoms with Crippen molar-refractivity contribution in [3.05, 3.63) is 47.5 Å². The molecule has 1 aromatic carbocycles. The Labute approximate surface area is 143 Å². The second kappa shape index (κ2) is 7.07. The summed E-state index contributed by atoms with van der Waals surface area (Å²) in [6, 6.07) is 8.11. The molecule has 1 fully saturated rings. The Kier molecular flexibility index (Phi) is 4.88. The number of ether oxygens (including phenoxy) is 1. The van der Waals surface area contributed by atoms with E-state index in [9.17, 15) is 4.79 Å². The molecule has 2 aromatic rings. The first kappa shape index (κ1) is 16.6. The summed E-state index contributed by atoms with van der Waals surface area (Å²) < 4.78 is 7.72. The first-order valence-electron chi connectivity index (χ1n) is 8.51. The fraction of sp³-hybridized carbons (Fsp3) is 0.474. The van der Waals surface area contributed by atoms with Crippen molar-refractivity contribution in [3.63, 3.8) is 0 Å². The van der Waals surface area contributed by atoms with Crippen molar-refractivity contribution in [1.29, 1.82) is 0 Å². The quantitative estimate of drug-likeness (QED) is 0.867. The zero-order chi connectivity index (χ0) is 17.1. The lowest BCUT2D eigenvalue weighted by Gasteiger charge is -2.32. The van der Waals surface area contributed by atoms with Crippen molar-refractivity contribution in [2.75, 3.05) is 19.7 Å². The Morgan fingerprint density at radius 1 is 1.29 bits per heavy atom. The van der Waals surface area contributed by atoms with Gasteiger partial charge in [-0.25, -0.2) is 4.98 Å². The molecular formula is C19H25N3O2. The molecule has 3 rings (SSSR count). The Bertz CT molecular complexity index is 686. The molecule has 2 heterocycles. The smallest absolute Gasteiger partial charge is 0.272 e. The third-order valence-corrected chi connectivity index (χ3v) is 4.64. The van der Waals surface area contributed by atoms with Crippen molar-refractivity contribution in [2.24, 2.45) is 13.0 Å². The lowest BCUT2D eigenvalue weighted by Crippen LogP contribution is -2.42. The molecule has 0 N–H and O–H groups in total. The molecule has 1 aliphatic heterocycles. The molecule has 24 heavy (non-hydrogen) atoms. The molecule has 0 radical (unpaired) electrons. The van der Waals surface area contributed by atoms with Gasteiger partial charge < -0.3 is 14.2 Å². The van der Waals surface area contributed by atoms with Gasteiger partial charge in [0.05, 0.1) is 18.6 Å². The summed E-state index contributed by atoms with van der Waals surface area (Å²) in [7, 11) is 1.87. The first-order chi connectivity index (χ1) is 11.5. The Morgan fingerprint density at radius 2 is 2.04 bits per heavy atom.